The van der Waals surface area contributed by atoms with E-state index in [4.69, 9.17) is 0 Å². The van der Waals surface area contributed by atoms with Crippen molar-refractivity contribution in [2.75, 3.05) is 44.2 Å². The fraction of sp³-hybridized carbons (Fsp3) is 0.500. The van der Waals surface area contributed by atoms with Gasteiger partial charge >= 0.3 is 0 Å². The van der Waals surface area contributed by atoms with Crippen molar-refractivity contribution in [1.29, 1.82) is 0 Å². The Kier molecular flexibility index (Phi) is 3.57. The molecule has 0 radical (unpaired) electrons. The van der Waals surface area contributed by atoms with Crippen molar-refractivity contribution in [2.45, 2.75) is 6.42 Å². The topological polar surface area (TPSA) is 22.6 Å². The Hall–Kier alpha value is -1.39. The number of hydrazine groups is 1. The summed E-state index contributed by atoms with van der Waals surface area (Å²) in [7, 11) is 0. The van der Waals surface area contributed by atoms with Crippen molar-refractivity contribution in [1.82, 2.24) is 15.0 Å². The minimum Gasteiger partial charge on any atom is -0.369 e. The Morgan fingerprint density at radius 1 is 0.944 bits per heavy atom. The molecule has 1 fully saturated rings. The summed E-state index contributed by atoms with van der Waals surface area (Å²) in [4.78, 5) is 6.65. The summed E-state index contributed by atoms with van der Waals surface area (Å²) in [5.41, 5.74) is 1.25. The maximum Gasteiger partial charge on any atom is 0.0553 e. The highest BCUT2D eigenvalue weighted by molar-refractivity contribution is 5.43. The molecule has 0 unspecified atom stereocenters. The molecule has 0 saturated carbocycles. The molecule has 0 bridgehead atoms. The molecule has 1 aromatic heterocycles. The van der Waals surface area contributed by atoms with Crippen molar-refractivity contribution in [3.63, 3.8) is 0 Å². The van der Waals surface area contributed by atoms with Gasteiger partial charge in [0.2, 0.25) is 0 Å². The Balaban J connectivity index is 1.61. The summed E-state index contributed by atoms with van der Waals surface area (Å²) >= 11 is 0. The average molecular weight is 244 g/mol. The van der Waals surface area contributed by atoms with E-state index in [2.05, 4.69) is 38.1 Å². The van der Waals surface area contributed by atoms with Gasteiger partial charge in [0, 0.05) is 45.5 Å². The normalized spacial score (nSPS) is 22.3. The molecule has 0 aromatic carbocycles. The monoisotopic (exact) mass is 244 g/mol. The van der Waals surface area contributed by atoms with E-state index in [-0.39, 0.29) is 0 Å². The predicted molar refractivity (Wildman–Crippen MR) is 73.4 cm³/mol. The van der Waals surface area contributed by atoms with E-state index in [9.17, 15) is 0 Å². The SMILES string of the molecule is C1=CCN(N2CCCN(c3cccnc3)CC2)C1. The molecule has 0 aliphatic carbocycles. The summed E-state index contributed by atoms with van der Waals surface area (Å²) in [6.45, 7) is 6.64. The van der Waals surface area contributed by atoms with E-state index in [0.717, 1.165) is 32.7 Å². The van der Waals surface area contributed by atoms with Crippen LogP contribution in [-0.4, -0.2) is 54.3 Å². The smallest absolute Gasteiger partial charge is 0.0553 e. The second-order valence-electron chi connectivity index (χ2n) is 4.85. The number of nitrogens with zero attached hydrogens (tertiary/aromatic N) is 4. The molecule has 4 nitrogen and oxygen atoms in total. The number of rotatable bonds is 2. The maximum atomic E-state index is 4.21. The van der Waals surface area contributed by atoms with Gasteiger partial charge in [0.15, 0.2) is 0 Å². The molecule has 0 N–H and O–H groups in total. The largest absolute Gasteiger partial charge is 0.369 e. The van der Waals surface area contributed by atoms with Gasteiger partial charge in [-0.3, -0.25) is 4.98 Å². The van der Waals surface area contributed by atoms with Gasteiger partial charge in [-0.2, -0.15) is 0 Å². The van der Waals surface area contributed by atoms with Crippen molar-refractivity contribution in [3.05, 3.63) is 36.7 Å². The first kappa shape index (κ1) is 11.7. The fourth-order valence-corrected chi connectivity index (χ4v) is 2.68. The highest BCUT2D eigenvalue weighted by atomic mass is 15.6. The van der Waals surface area contributed by atoms with Crippen LogP contribution in [0.1, 0.15) is 6.42 Å². The number of aromatic nitrogens is 1. The lowest BCUT2D eigenvalue weighted by Crippen LogP contribution is -2.43. The van der Waals surface area contributed by atoms with Gasteiger partial charge < -0.3 is 4.90 Å². The van der Waals surface area contributed by atoms with E-state index < -0.39 is 0 Å². The van der Waals surface area contributed by atoms with E-state index in [1.165, 1.54) is 18.7 Å². The quantitative estimate of drug-likeness (QED) is 0.733. The van der Waals surface area contributed by atoms with E-state index >= 15 is 0 Å². The molecule has 3 heterocycles. The first-order valence-electron chi connectivity index (χ1n) is 6.73. The van der Waals surface area contributed by atoms with Crippen molar-refractivity contribution < 1.29 is 0 Å². The van der Waals surface area contributed by atoms with Gasteiger partial charge in [0.1, 0.15) is 0 Å². The van der Waals surface area contributed by atoms with Crippen LogP contribution in [0.2, 0.25) is 0 Å². The maximum absolute atomic E-state index is 4.21. The van der Waals surface area contributed by atoms with Crippen LogP contribution in [0.15, 0.2) is 36.7 Å². The highest BCUT2D eigenvalue weighted by Gasteiger charge is 2.20. The van der Waals surface area contributed by atoms with Crippen LogP contribution in [0, 0.1) is 0 Å². The number of anilines is 1. The van der Waals surface area contributed by atoms with Crippen molar-refractivity contribution >= 4 is 5.69 Å². The third-order valence-electron chi connectivity index (χ3n) is 3.68. The lowest BCUT2D eigenvalue weighted by molar-refractivity contribution is 0.00918. The molecule has 2 aliphatic rings. The molecule has 1 aromatic rings. The Labute approximate surface area is 108 Å². The van der Waals surface area contributed by atoms with E-state index in [0.29, 0.717) is 0 Å². The standard InChI is InChI=1S/C14H20N4/c1-2-9-17(8-1)18-10-4-7-16(11-12-18)14-5-3-6-15-13-14/h1-3,5-6,13H,4,7-12H2. The van der Waals surface area contributed by atoms with Crippen LogP contribution in [0.5, 0.6) is 0 Å². The molecule has 96 valence electrons. The van der Waals surface area contributed by atoms with Crippen LogP contribution in [0.3, 0.4) is 0 Å². The van der Waals surface area contributed by atoms with Crippen molar-refractivity contribution in [3.8, 4) is 0 Å². The zero-order valence-corrected chi connectivity index (χ0v) is 10.7. The van der Waals surface area contributed by atoms with Gasteiger partial charge in [-0.1, -0.05) is 12.2 Å². The summed E-state index contributed by atoms with van der Waals surface area (Å²) in [5.74, 6) is 0. The lowest BCUT2D eigenvalue weighted by Gasteiger charge is -2.30. The van der Waals surface area contributed by atoms with E-state index in [1.54, 1.807) is 0 Å². The fourth-order valence-electron chi connectivity index (χ4n) is 2.68. The number of pyridine rings is 1. The second-order valence-corrected chi connectivity index (χ2v) is 4.85. The van der Waals surface area contributed by atoms with E-state index in [1.807, 2.05) is 18.5 Å². The van der Waals surface area contributed by atoms with Crippen LogP contribution in [0.4, 0.5) is 5.69 Å². The molecule has 0 atom stereocenters. The average Bonchev–Trinajstić information content (AvgIpc) is 2.84. The second kappa shape index (κ2) is 5.50. The molecule has 0 spiro atoms. The predicted octanol–water partition coefficient (Wildman–Crippen LogP) is 1.38. The van der Waals surface area contributed by atoms with Gasteiger partial charge in [-0.05, 0) is 18.6 Å². The first-order chi connectivity index (χ1) is 8.93. The number of hydrogen-bond donors (Lipinski definition) is 0. The zero-order valence-electron chi connectivity index (χ0n) is 10.7. The van der Waals surface area contributed by atoms with Gasteiger partial charge in [0.05, 0.1) is 11.9 Å². The molecule has 4 heteroatoms. The highest BCUT2D eigenvalue weighted by Crippen LogP contribution is 2.16. The molecule has 1 saturated heterocycles. The Morgan fingerprint density at radius 2 is 1.83 bits per heavy atom. The minimum atomic E-state index is 1.08. The van der Waals surface area contributed by atoms with Crippen LogP contribution in [-0.2, 0) is 0 Å². The summed E-state index contributed by atoms with van der Waals surface area (Å²) in [6.07, 6.45) is 9.52. The molecular weight excluding hydrogens is 224 g/mol. The summed E-state index contributed by atoms with van der Waals surface area (Å²) in [6, 6.07) is 4.17. The summed E-state index contributed by atoms with van der Waals surface area (Å²) < 4.78 is 0. The third-order valence-corrected chi connectivity index (χ3v) is 3.68. The third kappa shape index (κ3) is 2.54. The molecule has 18 heavy (non-hydrogen) atoms. The zero-order chi connectivity index (χ0) is 12.2. The number of hydrogen-bond acceptors (Lipinski definition) is 4. The Bertz CT molecular complexity index is 396. The van der Waals surface area contributed by atoms with Crippen LogP contribution in [0.25, 0.3) is 0 Å². The molecule has 0 amide bonds. The Morgan fingerprint density at radius 3 is 2.61 bits per heavy atom. The lowest BCUT2D eigenvalue weighted by atomic mass is 10.3. The van der Waals surface area contributed by atoms with Gasteiger partial charge in [-0.15, -0.1) is 0 Å². The molecule has 2 aliphatic heterocycles. The van der Waals surface area contributed by atoms with Crippen LogP contribution >= 0.6 is 0 Å². The molecule has 3 rings (SSSR count). The van der Waals surface area contributed by atoms with Crippen LogP contribution < -0.4 is 4.90 Å². The summed E-state index contributed by atoms with van der Waals surface area (Å²) in [5, 5.41) is 4.93. The first-order valence-corrected chi connectivity index (χ1v) is 6.73. The van der Waals surface area contributed by atoms with Gasteiger partial charge in [-0.25, -0.2) is 10.0 Å². The van der Waals surface area contributed by atoms with Gasteiger partial charge in [0.25, 0.3) is 0 Å². The van der Waals surface area contributed by atoms with Crippen molar-refractivity contribution in [2.24, 2.45) is 0 Å². The molecular formula is C14H20N4. The minimum absolute atomic E-state index is 1.08.